The van der Waals surface area contributed by atoms with Gasteiger partial charge >= 0.3 is 6.16 Å². The second-order valence-corrected chi connectivity index (χ2v) is 9.11. The predicted molar refractivity (Wildman–Crippen MR) is 123 cm³/mol. The minimum atomic E-state index is -0.759. The Hall–Kier alpha value is -3.27. The van der Waals surface area contributed by atoms with Crippen molar-refractivity contribution in [2.45, 2.75) is 45.4 Å². The predicted octanol–water partition coefficient (Wildman–Crippen LogP) is 6.90. The van der Waals surface area contributed by atoms with Crippen LogP contribution >= 0.6 is 0 Å². The summed E-state index contributed by atoms with van der Waals surface area (Å²) in [5.41, 5.74) is 3.28. The van der Waals surface area contributed by atoms with Gasteiger partial charge in [-0.3, -0.25) is 0 Å². The molecule has 0 saturated carbocycles. The molecular weight excluding hydrogens is 388 g/mol. The molecule has 0 N–H and O–H groups in total. The molecule has 0 heterocycles. The van der Waals surface area contributed by atoms with Gasteiger partial charge in [-0.25, -0.2) is 4.79 Å². The topological polar surface area (TPSA) is 44.8 Å². The van der Waals surface area contributed by atoms with Crippen LogP contribution in [-0.4, -0.2) is 13.3 Å². The van der Waals surface area contributed by atoms with Gasteiger partial charge in [-0.15, -0.1) is 0 Å². The van der Waals surface area contributed by atoms with Gasteiger partial charge in [-0.1, -0.05) is 71.0 Å². The lowest BCUT2D eigenvalue weighted by Gasteiger charge is -2.26. The summed E-state index contributed by atoms with van der Waals surface area (Å²) >= 11 is 0. The number of benzene rings is 3. The highest BCUT2D eigenvalue weighted by Crippen LogP contribution is 2.33. The van der Waals surface area contributed by atoms with E-state index >= 15 is 0 Å². The highest BCUT2D eigenvalue weighted by molar-refractivity contribution is 5.67. The normalized spacial score (nSPS) is 11.7. The molecule has 0 aliphatic rings. The minimum absolute atomic E-state index is 0.0420. The highest BCUT2D eigenvalue weighted by Gasteiger charge is 2.23. The second-order valence-electron chi connectivity index (χ2n) is 9.11. The molecule has 0 atom stereocenters. The Balaban J connectivity index is 1.65. The van der Waals surface area contributed by atoms with E-state index in [-0.39, 0.29) is 10.8 Å². The fraction of sp³-hybridized carbons (Fsp3) is 0.296. The van der Waals surface area contributed by atoms with Crippen molar-refractivity contribution in [3.8, 4) is 17.2 Å². The van der Waals surface area contributed by atoms with Crippen LogP contribution < -0.4 is 14.2 Å². The van der Waals surface area contributed by atoms with Crippen LogP contribution in [0, 0.1) is 0 Å². The molecule has 0 saturated heterocycles. The largest absolute Gasteiger partial charge is 0.519 e. The van der Waals surface area contributed by atoms with Gasteiger partial charge in [-0.2, -0.15) is 0 Å². The number of carbonyl (C=O) groups is 1. The monoisotopic (exact) mass is 418 g/mol. The van der Waals surface area contributed by atoms with Crippen LogP contribution in [0.3, 0.4) is 0 Å². The van der Waals surface area contributed by atoms with Crippen LogP contribution in [0.2, 0.25) is 0 Å². The van der Waals surface area contributed by atoms with Crippen molar-refractivity contribution in [3.63, 3.8) is 0 Å². The van der Waals surface area contributed by atoms with Crippen molar-refractivity contribution >= 4 is 6.16 Å². The minimum Gasteiger partial charge on any atom is -0.497 e. The summed E-state index contributed by atoms with van der Waals surface area (Å²) in [5.74, 6) is 1.72. The molecule has 0 aliphatic heterocycles. The van der Waals surface area contributed by atoms with E-state index in [2.05, 4.69) is 46.8 Å². The third-order valence-electron chi connectivity index (χ3n) is 5.51. The molecule has 3 aromatic rings. The Morgan fingerprint density at radius 2 is 0.935 bits per heavy atom. The number of carbonyl (C=O) groups excluding carboxylic acids is 1. The number of rotatable bonds is 5. The average molecular weight is 419 g/mol. The maximum atomic E-state index is 12.2. The third kappa shape index (κ3) is 5.46. The highest BCUT2D eigenvalue weighted by atomic mass is 16.7. The van der Waals surface area contributed by atoms with Crippen molar-refractivity contribution in [2.75, 3.05) is 7.11 Å². The zero-order valence-corrected chi connectivity index (χ0v) is 19.1. The molecule has 4 nitrogen and oxygen atoms in total. The fourth-order valence-corrected chi connectivity index (χ4v) is 3.35. The van der Waals surface area contributed by atoms with E-state index in [4.69, 9.17) is 14.2 Å². The molecular formula is C27H30O4. The fourth-order valence-electron chi connectivity index (χ4n) is 3.35. The van der Waals surface area contributed by atoms with E-state index < -0.39 is 6.16 Å². The molecule has 0 radical (unpaired) electrons. The molecule has 0 bridgehead atoms. The quantitative estimate of drug-likeness (QED) is 0.334. The molecule has 3 aromatic carbocycles. The lowest BCUT2D eigenvalue weighted by molar-refractivity contribution is 0.152. The van der Waals surface area contributed by atoms with Crippen molar-refractivity contribution < 1.29 is 19.0 Å². The molecule has 0 aliphatic carbocycles. The SMILES string of the molecule is COc1ccc(C(C)(C)c2ccc(OC(=O)Oc3ccc(C(C)(C)C)cc3)cc2)cc1. The van der Waals surface area contributed by atoms with Crippen LogP contribution in [0.25, 0.3) is 0 Å². The molecule has 0 unspecified atom stereocenters. The van der Waals surface area contributed by atoms with Gasteiger partial charge in [0.15, 0.2) is 0 Å². The molecule has 0 spiro atoms. The summed E-state index contributed by atoms with van der Waals surface area (Å²) in [6.45, 7) is 10.7. The Bertz CT molecular complexity index is 1010. The van der Waals surface area contributed by atoms with E-state index in [1.807, 2.05) is 36.4 Å². The van der Waals surface area contributed by atoms with Gasteiger partial charge in [0, 0.05) is 5.41 Å². The van der Waals surface area contributed by atoms with E-state index in [0.29, 0.717) is 11.5 Å². The molecule has 0 aromatic heterocycles. The number of hydrogen-bond donors (Lipinski definition) is 0. The van der Waals surface area contributed by atoms with Gasteiger partial charge in [0.1, 0.15) is 17.2 Å². The first kappa shape index (κ1) is 22.4. The van der Waals surface area contributed by atoms with Gasteiger partial charge in [-0.05, 0) is 58.5 Å². The first-order valence-electron chi connectivity index (χ1n) is 10.3. The molecule has 4 heteroatoms. The van der Waals surface area contributed by atoms with Crippen molar-refractivity contribution in [1.82, 2.24) is 0 Å². The number of methoxy groups -OCH3 is 1. The van der Waals surface area contributed by atoms with Gasteiger partial charge in [0.25, 0.3) is 0 Å². The maximum absolute atomic E-state index is 12.2. The Morgan fingerprint density at radius 3 is 1.29 bits per heavy atom. The zero-order valence-electron chi connectivity index (χ0n) is 19.1. The van der Waals surface area contributed by atoms with Gasteiger partial charge < -0.3 is 14.2 Å². The van der Waals surface area contributed by atoms with E-state index in [1.54, 1.807) is 31.4 Å². The van der Waals surface area contributed by atoms with Crippen LogP contribution in [0.4, 0.5) is 4.79 Å². The Labute approximate surface area is 184 Å². The standard InChI is InChI=1S/C27H30O4/c1-26(2,3)19-7-15-23(16-8-19)30-25(28)31-24-17-11-21(12-18-24)27(4,5)20-9-13-22(29-6)14-10-20/h7-18H,1-6H3. The molecule has 0 fully saturated rings. The lowest BCUT2D eigenvalue weighted by Crippen LogP contribution is -2.19. The summed E-state index contributed by atoms with van der Waals surface area (Å²) < 4.78 is 15.9. The van der Waals surface area contributed by atoms with Gasteiger partial charge in [0.05, 0.1) is 7.11 Å². The summed E-state index contributed by atoms with van der Waals surface area (Å²) in [7, 11) is 1.66. The first-order valence-corrected chi connectivity index (χ1v) is 10.3. The van der Waals surface area contributed by atoms with Crippen LogP contribution in [-0.2, 0) is 10.8 Å². The van der Waals surface area contributed by atoms with Crippen LogP contribution in [0.1, 0.15) is 51.3 Å². The molecule has 31 heavy (non-hydrogen) atoms. The molecule has 3 rings (SSSR count). The molecule has 0 amide bonds. The molecule has 162 valence electrons. The van der Waals surface area contributed by atoms with Crippen LogP contribution in [0.15, 0.2) is 72.8 Å². The Morgan fingerprint density at radius 1 is 0.581 bits per heavy atom. The number of hydrogen-bond acceptors (Lipinski definition) is 4. The van der Waals surface area contributed by atoms with Crippen LogP contribution in [0.5, 0.6) is 17.2 Å². The summed E-state index contributed by atoms with van der Waals surface area (Å²) in [6.07, 6.45) is -0.759. The summed E-state index contributed by atoms with van der Waals surface area (Å²) in [5, 5.41) is 0. The van der Waals surface area contributed by atoms with E-state index in [9.17, 15) is 4.79 Å². The van der Waals surface area contributed by atoms with Crippen molar-refractivity contribution in [2.24, 2.45) is 0 Å². The van der Waals surface area contributed by atoms with E-state index in [0.717, 1.165) is 11.3 Å². The van der Waals surface area contributed by atoms with Crippen molar-refractivity contribution in [3.05, 3.63) is 89.5 Å². The smallest absolute Gasteiger partial charge is 0.497 e. The van der Waals surface area contributed by atoms with E-state index in [1.165, 1.54) is 11.1 Å². The maximum Gasteiger partial charge on any atom is 0.519 e. The van der Waals surface area contributed by atoms with Gasteiger partial charge in [0.2, 0.25) is 0 Å². The number of ether oxygens (including phenoxy) is 3. The summed E-state index contributed by atoms with van der Waals surface area (Å²) in [6, 6.07) is 23.0. The second kappa shape index (κ2) is 8.84. The summed E-state index contributed by atoms with van der Waals surface area (Å²) in [4.78, 5) is 12.2. The first-order chi connectivity index (χ1) is 14.6. The van der Waals surface area contributed by atoms with Crippen molar-refractivity contribution in [1.29, 1.82) is 0 Å². The zero-order chi connectivity index (χ0) is 22.6. The Kier molecular flexibility index (Phi) is 6.40. The third-order valence-corrected chi connectivity index (χ3v) is 5.51. The average Bonchev–Trinajstić information content (AvgIpc) is 2.74. The lowest BCUT2D eigenvalue weighted by atomic mass is 9.78.